The van der Waals surface area contributed by atoms with Crippen LogP contribution in [0.25, 0.3) is 0 Å². The zero-order chi connectivity index (χ0) is 10.9. The molecule has 0 spiro atoms. The maximum atomic E-state index is 5.95. The molecule has 1 aromatic carbocycles. The van der Waals surface area contributed by atoms with Crippen molar-refractivity contribution in [2.45, 2.75) is 27.3 Å². The van der Waals surface area contributed by atoms with E-state index in [0.29, 0.717) is 6.54 Å². The summed E-state index contributed by atoms with van der Waals surface area (Å²) in [5.41, 5.74) is 17.5. The summed E-state index contributed by atoms with van der Waals surface area (Å²) < 4.78 is 0. The maximum Gasteiger partial charge on any atom is 0.0389 e. The summed E-state index contributed by atoms with van der Waals surface area (Å²) in [6, 6.07) is 0. The van der Waals surface area contributed by atoms with Crippen LogP contribution in [0.2, 0.25) is 0 Å². The Morgan fingerprint density at radius 3 is 2.14 bits per heavy atom. The van der Waals surface area contributed by atoms with Crippen LogP contribution in [0.3, 0.4) is 0 Å². The summed E-state index contributed by atoms with van der Waals surface area (Å²) in [7, 11) is 0. The van der Waals surface area contributed by atoms with Crippen molar-refractivity contribution in [2.75, 3.05) is 5.73 Å². The molecule has 0 aliphatic heterocycles. The van der Waals surface area contributed by atoms with Gasteiger partial charge in [-0.25, -0.2) is 0 Å². The van der Waals surface area contributed by atoms with Crippen molar-refractivity contribution in [3.63, 3.8) is 0 Å². The predicted octanol–water partition coefficient (Wildman–Crippen LogP) is 1.63. The number of anilines is 1. The van der Waals surface area contributed by atoms with Crippen LogP contribution in [-0.2, 0) is 6.54 Å². The third-order valence-corrected chi connectivity index (χ3v) is 2.81. The zero-order valence-corrected chi connectivity index (χ0v) is 8.94. The van der Waals surface area contributed by atoms with Gasteiger partial charge < -0.3 is 11.5 Å². The lowest BCUT2D eigenvalue weighted by atomic mass is 9.92. The summed E-state index contributed by atoms with van der Waals surface area (Å²) in [6.07, 6.45) is 5.45. The third-order valence-electron chi connectivity index (χ3n) is 2.81. The molecular weight excluding hydrogens is 172 g/mol. The molecule has 0 amide bonds. The maximum absolute atomic E-state index is 5.95. The summed E-state index contributed by atoms with van der Waals surface area (Å²) in [5.74, 6) is 2.67. The average molecular weight is 188 g/mol. The second kappa shape index (κ2) is 3.73. The van der Waals surface area contributed by atoms with Crippen LogP contribution in [0, 0.1) is 33.1 Å². The molecule has 0 radical (unpaired) electrons. The van der Waals surface area contributed by atoms with Gasteiger partial charge in [-0.05, 0) is 43.0 Å². The molecule has 0 aromatic heterocycles. The van der Waals surface area contributed by atoms with Gasteiger partial charge in [0.25, 0.3) is 0 Å². The van der Waals surface area contributed by atoms with E-state index in [0.717, 1.165) is 33.5 Å². The third kappa shape index (κ3) is 1.36. The molecule has 1 rings (SSSR count). The first-order chi connectivity index (χ1) is 6.54. The largest absolute Gasteiger partial charge is 0.398 e. The first kappa shape index (κ1) is 10.6. The van der Waals surface area contributed by atoms with E-state index in [1.54, 1.807) is 0 Å². The van der Waals surface area contributed by atoms with E-state index in [2.05, 4.69) is 5.92 Å². The molecule has 0 heterocycles. The number of hydrogen-bond acceptors (Lipinski definition) is 2. The van der Waals surface area contributed by atoms with Crippen LogP contribution in [-0.4, -0.2) is 0 Å². The Bertz CT molecular complexity index is 409. The van der Waals surface area contributed by atoms with Crippen LogP contribution >= 0.6 is 0 Å². The number of terminal acetylenes is 1. The highest BCUT2D eigenvalue weighted by atomic mass is 14.6. The minimum atomic E-state index is 0.483. The van der Waals surface area contributed by atoms with Gasteiger partial charge in [0.15, 0.2) is 0 Å². The van der Waals surface area contributed by atoms with Gasteiger partial charge in [0.1, 0.15) is 0 Å². The number of nitrogens with two attached hydrogens (primary N) is 2. The Morgan fingerprint density at radius 2 is 1.71 bits per heavy atom. The predicted molar refractivity (Wildman–Crippen MR) is 60.9 cm³/mol. The van der Waals surface area contributed by atoms with E-state index < -0.39 is 0 Å². The Morgan fingerprint density at radius 1 is 1.14 bits per heavy atom. The average Bonchev–Trinajstić information content (AvgIpc) is 2.16. The lowest BCUT2D eigenvalue weighted by Crippen LogP contribution is -2.09. The van der Waals surface area contributed by atoms with Crippen LogP contribution in [0.4, 0.5) is 5.69 Å². The first-order valence-electron chi connectivity index (χ1n) is 4.59. The van der Waals surface area contributed by atoms with Gasteiger partial charge in [0, 0.05) is 17.8 Å². The first-order valence-corrected chi connectivity index (χ1v) is 4.59. The van der Waals surface area contributed by atoms with E-state index in [9.17, 15) is 0 Å². The lowest BCUT2D eigenvalue weighted by Gasteiger charge is -2.16. The Hall–Kier alpha value is -1.46. The fraction of sp³-hybridized carbons (Fsp3) is 0.333. The van der Waals surface area contributed by atoms with E-state index in [1.165, 1.54) is 0 Å². The molecule has 0 bridgehead atoms. The van der Waals surface area contributed by atoms with E-state index in [1.807, 2.05) is 20.8 Å². The Balaban J connectivity index is 3.67. The topological polar surface area (TPSA) is 52.0 Å². The van der Waals surface area contributed by atoms with E-state index in [-0.39, 0.29) is 0 Å². The highest BCUT2D eigenvalue weighted by Gasteiger charge is 2.12. The molecule has 0 aliphatic rings. The van der Waals surface area contributed by atoms with Crippen LogP contribution in [0.1, 0.15) is 27.8 Å². The number of hydrogen-bond donors (Lipinski definition) is 2. The summed E-state index contributed by atoms with van der Waals surface area (Å²) >= 11 is 0. The van der Waals surface area contributed by atoms with Gasteiger partial charge >= 0.3 is 0 Å². The Labute approximate surface area is 85.3 Å². The normalized spacial score (nSPS) is 9.93. The van der Waals surface area contributed by atoms with Crippen molar-refractivity contribution >= 4 is 5.69 Å². The smallest absolute Gasteiger partial charge is 0.0389 e. The standard InChI is InChI=1S/C12H16N2/c1-5-10-7(2)11(6-13)9(4)12(14)8(10)3/h1H,6,13-14H2,2-4H3. The number of rotatable bonds is 1. The van der Waals surface area contributed by atoms with Crippen LogP contribution < -0.4 is 11.5 Å². The molecule has 2 nitrogen and oxygen atoms in total. The minimum absolute atomic E-state index is 0.483. The second-order valence-corrected chi connectivity index (χ2v) is 3.49. The zero-order valence-electron chi connectivity index (χ0n) is 8.94. The van der Waals surface area contributed by atoms with Crippen molar-refractivity contribution in [3.8, 4) is 12.3 Å². The summed E-state index contributed by atoms with van der Waals surface area (Å²) in [5, 5.41) is 0. The monoisotopic (exact) mass is 188 g/mol. The number of nitrogen functional groups attached to an aromatic ring is 1. The van der Waals surface area contributed by atoms with Crippen LogP contribution in [0.5, 0.6) is 0 Å². The van der Waals surface area contributed by atoms with Gasteiger partial charge in [0.05, 0.1) is 0 Å². The molecule has 0 fully saturated rings. The molecule has 2 heteroatoms. The van der Waals surface area contributed by atoms with Crippen molar-refractivity contribution < 1.29 is 0 Å². The molecule has 1 aromatic rings. The highest BCUT2D eigenvalue weighted by Crippen LogP contribution is 2.27. The quantitative estimate of drug-likeness (QED) is 0.520. The van der Waals surface area contributed by atoms with Crippen molar-refractivity contribution in [1.82, 2.24) is 0 Å². The van der Waals surface area contributed by atoms with Crippen molar-refractivity contribution in [1.29, 1.82) is 0 Å². The molecule has 0 aliphatic carbocycles. The van der Waals surface area contributed by atoms with Gasteiger partial charge in [-0.3, -0.25) is 0 Å². The van der Waals surface area contributed by atoms with Gasteiger partial charge in [-0.15, -0.1) is 6.42 Å². The van der Waals surface area contributed by atoms with E-state index >= 15 is 0 Å². The Kier molecular flexibility index (Phi) is 2.83. The van der Waals surface area contributed by atoms with Crippen LogP contribution in [0.15, 0.2) is 0 Å². The molecule has 4 N–H and O–H groups in total. The summed E-state index contributed by atoms with van der Waals surface area (Å²) in [6.45, 7) is 6.41. The fourth-order valence-electron chi connectivity index (χ4n) is 1.81. The number of benzene rings is 1. The lowest BCUT2D eigenvalue weighted by molar-refractivity contribution is 1.02. The van der Waals surface area contributed by atoms with Crippen molar-refractivity contribution in [3.05, 3.63) is 27.8 Å². The minimum Gasteiger partial charge on any atom is -0.398 e. The van der Waals surface area contributed by atoms with Crippen molar-refractivity contribution in [2.24, 2.45) is 5.73 Å². The summed E-state index contributed by atoms with van der Waals surface area (Å²) in [4.78, 5) is 0. The van der Waals surface area contributed by atoms with E-state index in [4.69, 9.17) is 17.9 Å². The van der Waals surface area contributed by atoms with Gasteiger partial charge in [-0.2, -0.15) is 0 Å². The second-order valence-electron chi connectivity index (χ2n) is 3.49. The highest BCUT2D eigenvalue weighted by molar-refractivity contribution is 5.66. The fourth-order valence-corrected chi connectivity index (χ4v) is 1.81. The molecule has 0 saturated carbocycles. The molecule has 0 saturated heterocycles. The van der Waals surface area contributed by atoms with Gasteiger partial charge in [-0.1, -0.05) is 5.92 Å². The SMILES string of the molecule is C#Cc1c(C)c(N)c(C)c(CN)c1C. The molecular formula is C12H16N2. The molecule has 0 unspecified atom stereocenters. The van der Waals surface area contributed by atoms with Gasteiger partial charge in [0.2, 0.25) is 0 Å². The molecule has 74 valence electrons. The molecule has 0 atom stereocenters. The molecule has 14 heavy (non-hydrogen) atoms.